The lowest BCUT2D eigenvalue weighted by Gasteiger charge is -2.37. The normalized spacial score (nSPS) is 20.1. The van der Waals surface area contributed by atoms with E-state index in [0.717, 1.165) is 46.8 Å². The lowest BCUT2D eigenvalue weighted by atomic mass is 9.74. The Labute approximate surface area is 230 Å². The van der Waals surface area contributed by atoms with Gasteiger partial charge in [0.1, 0.15) is 12.1 Å². The fourth-order valence-electron chi connectivity index (χ4n) is 4.93. The summed E-state index contributed by atoms with van der Waals surface area (Å²) < 4.78 is 13.3. The van der Waals surface area contributed by atoms with Gasteiger partial charge in [0, 0.05) is 35.6 Å². The van der Waals surface area contributed by atoms with Gasteiger partial charge >= 0.3 is 11.9 Å². The summed E-state index contributed by atoms with van der Waals surface area (Å²) in [5.74, 6) is -0.447. The number of aliphatic imine (C=N–C) groups is 1. The van der Waals surface area contributed by atoms with Gasteiger partial charge in [-0.1, -0.05) is 0 Å². The Morgan fingerprint density at radius 2 is 1.98 bits per heavy atom. The van der Waals surface area contributed by atoms with E-state index in [-0.39, 0.29) is 18.1 Å². The smallest absolute Gasteiger partial charge is 0.333 e. The Morgan fingerprint density at radius 1 is 1.18 bits per heavy atom. The molecule has 1 aliphatic heterocycles. The number of aromatic nitrogens is 3. The average Bonchev–Trinajstić information content (AvgIpc) is 3.48. The molecule has 1 unspecified atom stereocenters. The van der Waals surface area contributed by atoms with Crippen LogP contribution in [0.4, 0.5) is 0 Å². The molecule has 0 saturated heterocycles. The summed E-state index contributed by atoms with van der Waals surface area (Å²) in [7, 11) is 1.65. The van der Waals surface area contributed by atoms with Crippen molar-refractivity contribution in [3.05, 3.63) is 65.9 Å². The van der Waals surface area contributed by atoms with Crippen molar-refractivity contribution in [2.45, 2.75) is 56.8 Å². The van der Waals surface area contributed by atoms with E-state index in [1.807, 2.05) is 42.1 Å². The molecule has 4 N–H and O–H groups in total. The number of hydrogen-bond acceptors (Lipinski definition) is 9. The van der Waals surface area contributed by atoms with E-state index in [1.54, 1.807) is 19.6 Å². The number of nitrogens with zero attached hydrogens (tertiary/aromatic N) is 4. The molecular formula is C28H32N4O8. The molecule has 0 radical (unpaired) electrons. The number of aliphatic hydroxyl groups excluding tert-OH is 2. The van der Waals surface area contributed by atoms with Crippen LogP contribution in [-0.2, 0) is 9.59 Å². The van der Waals surface area contributed by atoms with Gasteiger partial charge in [0.15, 0.2) is 17.6 Å². The van der Waals surface area contributed by atoms with Crippen LogP contribution in [0.15, 0.2) is 54.2 Å². The highest BCUT2D eigenvalue weighted by Crippen LogP contribution is 2.45. The van der Waals surface area contributed by atoms with Crippen LogP contribution in [0, 0.1) is 0 Å². The minimum atomic E-state index is -1.79. The van der Waals surface area contributed by atoms with Crippen LogP contribution in [0.2, 0.25) is 0 Å². The maximum absolute atomic E-state index is 10.3. The fraction of sp³-hybridized carbons (Fsp3) is 0.393. The van der Waals surface area contributed by atoms with Crippen LogP contribution in [-0.4, -0.2) is 84.6 Å². The monoisotopic (exact) mass is 552 g/mol. The molecule has 0 bridgehead atoms. The van der Waals surface area contributed by atoms with Gasteiger partial charge in [-0.15, -0.1) is 0 Å². The molecule has 12 heteroatoms. The van der Waals surface area contributed by atoms with Crippen molar-refractivity contribution < 1.29 is 39.5 Å². The standard InChI is InChI=1S/C24H26N4O3.C4H6O5/c1-3-31-22-11-17-18-10-16(29)5-6-20(18)27-24(19(17)12-21(22)30-2)15-4-7-23(26-13-15)28-9-8-25-14-28;5-2(4(8)9)1-3(6)7/h4,7-9,11-14,16,18,20,29H,3,5-6,10H2,1-2H3;2,5H,1H2,(H,6,7)(H,8,9)/t16-,18-,20-;/m1./s1. The summed E-state index contributed by atoms with van der Waals surface area (Å²) in [5.41, 5.74) is 4.06. The van der Waals surface area contributed by atoms with Crippen LogP contribution in [0.5, 0.6) is 11.5 Å². The number of imidazole rings is 1. The number of methoxy groups -OCH3 is 1. The van der Waals surface area contributed by atoms with E-state index in [4.69, 9.17) is 29.8 Å². The molecule has 2 aromatic heterocycles. The number of carboxylic acids is 2. The van der Waals surface area contributed by atoms with Crippen molar-refractivity contribution in [3.8, 4) is 17.3 Å². The first kappa shape index (κ1) is 28.7. The maximum Gasteiger partial charge on any atom is 0.333 e. The third-order valence-electron chi connectivity index (χ3n) is 6.81. The summed E-state index contributed by atoms with van der Waals surface area (Å²) in [6.45, 7) is 2.53. The maximum atomic E-state index is 10.3. The predicted octanol–water partition coefficient (Wildman–Crippen LogP) is 2.43. The summed E-state index contributed by atoms with van der Waals surface area (Å²) in [5, 5.41) is 34.5. The number of aliphatic hydroxyl groups is 2. The third kappa shape index (κ3) is 6.46. The largest absolute Gasteiger partial charge is 0.493 e. The second kappa shape index (κ2) is 12.7. The first-order valence-corrected chi connectivity index (χ1v) is 12.9. The molecular weight excluding hydrogens is 520 g/mol. The van der Waals surface area contributed by atoms with Gasteiger partial charge in [-0.2, -0.15) is 0 Å². The minimum absolute atomic E-state index is 0.141. The number of rotatable bonds is 8. The lowest BCUT2D eigenvalue weighted by molar-refractivity contribution is -0.152. The number of hydrogen-bond donors (Lipinski definition) is 4. The molecule has 3 heterocycles. The molecule has 40 heavy (non-hydrogen) atoms. The second-order valence-electron chi connectivity index (χ2n) is 9.47. The summed E-state index contributed by atoms with van der Waals surface area (Å²) in [6, 6.07) is 8.25. The summed E-state index contributed by atoms with van der Waals surface area (Å²) in [6.07, 6.45) is 6.71. The van der Waals surface area contributed by atoms with E-state index in [0.29, 0.717) is 18.8 Å². The quantitative estimate of drug-likeness (QED) is 0.325. The van der Waals surface area contributed by atoms with Gasteiger partial charge in [-0.3, -0.25) is 14.4 Å². The van der Waals surface area contributed by atoms with Gasteiger partial charge in [0.05, 0.1) is 38.0 Å². The molecule has 1 aromatic carbocycles. The molecule has 5 rings (SSSR count). The van der Waals surface area contributed by atoms with Crippen LogP contribution < -0.4 is 9.47 Å². The number of carboxylic acid groups (broad SMARTS) is 2. The second-order valence-corrected chi connectivity index (χ2v) is 9.47. The highest BCUT2D eigenvalue weighted by Gasteiger charge is 2.37. The Morgan fingerprint density at radius 3 is 2.55 bits per heavy atom. The Kier molecular flexibility index (Phi) is 9.12. The van der Waals surface area contributed by atoms with Crippen LogP contribution >= 0.6 is 0 Å². The van der Waals surface area contributed by atoms with E-state index in [2.05, 4.69) is 16.0 Å². The van der Waals surface area contributed by atoms with Crippen molar-refractivity contribution >= 4 is 17.7 Å². The molecule has 212 valence electrons. The predicted molar refractivity (Wildman–Crippen MR) is 143 cm³/mol. The van der Waals surface area contributed by atoms with Crippen molar-refractivity contribution in [2.24, 2.45) is 4.99 Å². The first-order valence-electron chi connectivity index (χ1n) is 12.9. The van der Waals surface area contributed by atoms with Crippen molar-refractivity contribution in [2.75, 3.05) is 13.7 Å². The van der Waals surface area contributed by atoms with Crippen molar-refractivity contribution in [1.82, 2.24) is 14.5 Å². The van der Waals surface area contributed by atoms with Gasteiger partial charge in [0.2, 0.25) is 0 Å². The lowest BCUT2D eigenvalue weighted by Crippen LogP contribution is -2.34. The Balaban J connectivity index is 0.000000357. The number of ether oxygens (including phenoxy) is 2. The van der Waals surface area contributed by atoms with Gasteiger partial charge < -0.3 is 29.9 Å². The van der Waals surface area contributed by atoms with E-state index in [1.165, 1.54) is 0 Å². The fourth-order valence-corrected chi connectivity index (χ4v) is 4.93. The molecule has 4 atom stereocenters. The zero-order chi connectivity index (χ0) is 28.8. The van der Waals surface area contributed by atoms with Crippen molar-refractivity contribution in [1.29, 1.82) is 0 Å². The number of aliphatic carboxylic acids is 2. The Hall–Kier alpha value is -4.29. The van der Waals surface area contributed by atoms with Crippen LogP contribution in [0.1, 0.15) is 55.2 Å². The SMILES string of the molecule is CCOc1cc2c(cc1OC)C(c1ccc(-n3ccnc3)nc1)=N[C@@H]1CC[C@@H](O)C[C@H]21.O=C(O)CC(O)C(=O)O. The van der Waals surface area contributed by atoms with Crippen LogP contribution in [0.25, 0.3) is 5.82 Å². The zero-order valence-electron chi connectivity index (χ0n) is 22.2. The number of pyridine rings is 1. The molecule has 12 nitrogen and oxygen atoms in total. The summed E-state index contributed by atoms with van der Waals surface area (Å²) >= 11 is 0. The van der Waals surface area contributed by atoms with Gasteiger partial charge in [-0.25, -0.2) is 14.8 Å². The molecule has 3 aromatic rings. The first-order chi connectivity index (χ1) is 19.2. The minimum Gasteiger partial charge on any atom is -0.493 e. The summed E-state index contributed by atoms with van der Waals surface area (Å²) in [4.78, 5) is 33.3. The molecule has 0 amide bonds. The zero-order valence-corrected chi connectivity index (χ0v) is 22.2. The highest BCUT2D eigenvalue weighted by molar-refractivity contribution is 6.14. The highest BCUT2D eigenvalue weighted by atomic mass is 16.5. The topological polar surface area (TPSA) is 177 Å². The van der Waals surface area contributed by atoms with E-state index >= 15 is 0 Å². The molecule has 2 aliphatic rings. The van der Waals surface area contributed by atoms with Crippen LogP contribution in [0.3, 0.4) is 0 Å². The van der Waals surface area contributed by atoms with E-state index in [9.17, 15) is 14.7 Å². The van der Waals surface area contributed by atoms with Gasteiger partial charge in [0.25, 0.3) is 0 Å². The number of benzene rings is 1. The molecule has 1 fully saturated rings. The molecule has 0 spiro atoms. The average molecular weight is 553 g/mol. The van der Waals surface area contributed by atoms with Gasteiger partial charge in [-0.05, 0) is 56.0 Å². The Bertz CT molecular complexity index is 1360. The third-order valence-corrected chi connectivity index (χ3v) is 6.81. The van der Waals surface area contributed by atoms with Crippen molar-refractivity contribution in [3.63, 3.8) is 0 Å². The number of carbonyl (C=O) groups is 2. The number of fused-ring (bicyclic) bond motifs is 3. The molecule has 1 saturated carbocycles. The van der Waals surface area contributed by atoms with E-state index < -0.39 is 24.5 Å². The molecule has 1 aliphatic carbocycles.